The number of nitrogens with zero attached hydrogens (tertiary/aromatic N) is 3. The highest BCUT2D eigenvalue weighted by atomic mass is 15.2. The average molecular weight is 515 g/mol. The summed E-state index contributed by atoms with van der Waals surface area (Å²) in [5, 5.41) is 2.74. The van der Waals surface area contributed by atoms with Gasteiger partial charge < -0.3 is 9.88 Å². The smallest absolute Gasteiger partial charge is 0.124 e. The van der Waals surface area contributed by atoms with E-state index in [-0.39, 0.29) is 0 Å². The molecule has 2 atom stereocenters. The number of fused-ring (bicyclic) bond motifs is 2. The van der Waals surface area contributed by atoms with Crippen molar-refractivity contribution < 1.29 is 0 Å². The molecule has 6 rings (SSSR count). The number of hydrogen-bond donors (Lipinski definition) is 1. The lowest BCUT2D eigenvalue weighted by Crippen LogP contribution is -2.26. The van der Waals surface area contributed by atoms with Crippen LogP contribution in [0.25, 0.3) is 32.9 Å². The Morgan fingerprint density at radius 2 is 1.47 bits per heavy atom. The van der Waals surface area contributed by atoms with Gasteiger partial charge >= 0.3 is 0 Å². The Morgan fingerprint density at radius 1 is 0.789 bits per heavy atom. The molecular formula is C34H50N4. The first-order valence-corrected chi connectivity index (χ1v) is 15.1. The number of nitrogens with one attached hydrogen (secondary N) is 1. The van der Waals surface area contributed by atoms with Crippen molar-refractivity contribution >= 4 is 21.8 Å². The number of aromatic amines is 1. The number of likely N-dealkylation sites (tertiary alicyclic amines) is 2. The Hall–Kier alpha value is -2.69. The van der Waals surface area contributed by atoms with E-state index in [1.54, 1.807) is 0 Å². The van der Waals surface area contributed by atoms with Gasteiger partial charge in [0, 0.05) is 6.04 Å². The summed E-state index contributed by atoms with van der Waals surface area (Å²) in [4.78, 5) is 13.5. The monoisotopic (exact) mass is 514 g/mol. The number of benzene rings is 3. The molecule has 0 bridgehead atoms. The number of likely N-dealkylation sites (N-methyl/N-ethyl adjacent to an activating group) is 1. The van der Waals surface area contributed by atoms with Crippen LogP contribution >= 0.6 is 0 Å². The van der Waals surface area contributed by atoms with Gasteiger partial charge in [0.05, 0.1) is 17.1 Å². The Kier molecular flexibility index (Phi) is 11.4. The van der Waals surface area contributed by atoms with Crippen LogP contribution in [-0.4, -0.2) is 53.0 Å². The fraction of sp³-hybridized carbons (Fsp3) is 0.500. The van der Waals surface area contributed by atoms with Crippen molar-refractivity contribution in [3.05, 3.63) is 66.0 Å². The minimum atomic E-state index is 0.416. The Bertz CT molecular complexity index is 1270. The van der Waals surface area contributed by atoms with Crippen LogP contribution in [0.5, 0.6) is 0 Å². The third-order valence-corrected chi connectivity index (χ3v) is 7.79. The molecule has 38 heavy (non-hydrogen) atoms. The highest BCUT2D eigenvalue weighted by molar-refractivity contribution is 5.99. The molecule has 2 saturated heterocycles. The van der Waals surface area contributed by atoms with Gasteiger partial charge in [0.15, 0.2) is 0 Å². The molecule has 0 radical (unpaired) electrons. The second-order valence-electron chi connectivity index (χ2n) is 9.79. The first-order valence-electron chi connectivity index (χ1n) is 15.1. The van der Waals surface area contributed by atoms with Gasteiger partial charge in [-0.15, -0.1) is 0 Å². The minimum absolute atomic E-state index is 0.416. The van der Waals surface area contributed by atoms with Crippen molar-refractivity contribution in [2.24, 2.45) is 0 Å². The Labute approximate surface area is 231 Å². The fourth-order valence-corrected chi connectivity index (χ4v) is 5.91. The number of rotatable bonds is 4. The number of aromatic nitrogens is 2. The lowest BCUT2D eigenvalue weighted by Gasteiger charge is -2.20. The topological polar surface area (TPSA) is 35.2 Å². The summed E-state index contributed by atoms with van der Waals surface area (Å²) >= 11 is 0. The maximum Gasteiger partial charge on any atom is 0.124 e. The quantitative estimate of drug-likeness (QED) is 0.295. The zero-order valence-electron chi connectivity index (χ0n) is 25.1. The number of H-pyrrole nitrogens is 1. The van der Waals surface area contributed by atoms with E-state index in [1.165, 1.54) is 59.7 Å². The molecule has 2 fully saturated rings. The van der Waals surface area contributed by atoms with Gasteiger partial charge in [-0.1, -0.05) is 84.0 Å². The van der Waals surface area contributed by atoms with Crippen LogP contribution in [0.1, 0.15) is 84.7 Å². The van der Waals surface area contributed by atoms with Crippen molar-refractivity contribution in [3.63, 3.8) is 0 Å². The second-order valence-corrected chi connectivity index (χ2v) is 9.79. The van der Waals surface area contributed by atoms with Gasteiger partial charge in [0.25, 0.3) is 0 Å². The molecule has 0 amide bonds. The zero-order valence-corrected chi connectivity index (χ0v) is 25.1. The molecule has 4 nitrogen and oxygen atoms in total. The van der Waals surface area contributed by atoms with Gasteiger partial charge in [0.2, 0.25) is 0 Å². The van der Waals surface area contributed by atoms with Crippen LogP contribution in [0, 0.1) is 0 Å². The predicted octanol–water partition coefficient (Wildman–Crippen LogP) is 8.87. The lowest BCUT2D eigenvalue weighted by atomic mass is 9.93. The van der Waals surface area contributed by atoms with E-state index in [1.807, 2.05) is 41.5 Å². The normalized spacial score (nSPS) is 19.4. The van der Waals surface area contributed by atoms with Crippen LogP contribution in [0.15, 0.2) is 54.6 Å². The molecule has 2 aliphatic heterocycles. The van der Waals surface area contributed by atoms with Gasteiger partial charge in [-0.05, 0) is 98.9 Å². The third-order valence-electron chi connectivity index (χ3n) is 7.79. The van der Waals surface area contributed by atoms with Crippen molar-refractivity contribution in [1.29, 1.82) is 0 Å². The molecule has 2 unspecified atom stereocenters. The largest absolute Gasteiger partial charge is 0.341 e. The molecule has 1 N–H and O–H groups in total. The SMILES string of the molecule is CC.CC.CC.CN1CCCC1Cc1cccc2c(-c3ccc4nc(C5CCCN5C)[nH]c4c3)cccc12. The van der Waals surface area contributed by atoms with Gasteiger partial charge in [-0.25, -0.2) is 4.98 Å². The maximum atomic E-state index is 4.92. The van der Waals surface area contributed by atoms with E-state index in [0.717, 1.165) is 29.8 Å². The summed E-state index contributed by atoms with van der Waals surface area (Å²) < 4.78 is 0. The minimum Gasteiger partial charge on any atom is -0.341 e. The third kappa shape index (κ3) is 6.30. The summed E-state index contributed by atoms with van der Waals surface area (Å²) in [6.45, 7) is 14.4. The molecule has 3 aromatic carbocycles. The first kappa shape index (κ1) is 29.9. The van der Waals surface area contributed by atoms with E-state index in [0.29, 0.717) is 12.1 Å². The van der Waals surface area contributed by atoms with Gasteiger partial charge in [-0.3, -0.25) is 4.90 Å². The Balaban J connectivity index is 0.000000625. The van der Waals surface area contributed by atoms with Crippen molar-refractivity contribution in [2.45, 2.75) is 85.7 Å². The van der Waals surface area contributed by atoms with Crippen LogP contribution < -0.4 is 0 Å². The van der Waals surface area contributed by atoms with Crippen LogP contribution in [-0.2, 0) is 6.42 Å². The fourth-order valence-electron chi connectivity index (χ4n) is 5.91. The van der Waals surface area contributed by atoms with Gasteiger partial charge in [-0.2, -0.15) is 0 Å². The molecular weight excluding hydrogens is 464 g/mol. The molecule has 0 spiro atoms. The van der Waals surface area contributed by atoms with Crippen molar-refractivity contribution in [1.82, 2.24) is 19.8 Å². The number of imidazole rings is 1. The summed E-state index contributed by atoms with van der Waals surface area (Å²) in [6, 6.07) is 21.4. The number of hydrogen-bond acceptors (Lipinski definition) is 3. The molecule has 3 heterocycles. The standard InChI is InChI=1S/C28H32N4.3C2H6/c1-31-15-5-8-21(31)17-19-7-3-11-24-22(19)9-4-10-23(24)20-13-14-25-26(18-20)30-28(29-25)27-12-6-16-32(27)2;3*1-2/h3-4,7,9-11,13-14,18,21,27H,5-6,8,12,15-17H2,1-2H3,(H,29,30);3*1-2H3. The molecule has 1 aromatic heterocycles. The summed E-state index contributed by atoms with van der Waals surface area (Å²) in [5.41, 5.74) is 6.23. The first-order chi connectivity index (χ1) is 18.7. The highest BCUT2D eigenvalue weighted by Crippen LogP contribution is 2.34. The lowest BCUT2D eigenvalue weighted by molar-refractivity contribution is 0.307. The zero-order chi connectivity index (χ0) is 27.7. The highest BCUT2D eigenvalue weighted by Gasteiger charge is 2.25. The average Bonchev–Trinajstić information content (AvgIpc) is 3.71. The molecule has 206 valence electrons. The maximum absolute atomic E-state index is 4.92. The molecule has 4 aromatic rings. The van der Waals surface area contributed by atoms with Crippen LogP contribution in [0.4, 0.5) is 0 Å². The Morgan fingerprint density at radius 3 is 2.16 bits per heavy atom. The van der Waals surface area contributed by atoms with E-state index >= 15 is 0 Å². The summed E-state index contributed by atoms with van der Waals surface area (Å²) in [5.74, 6) is 1.11. The van der Waals surface area contributed by atoms with Crippen LogP contribution in [0.3, 0.4) is 0 Å². The predicted molar refractivity (Wildman–Crippen MR) is 167 cm³/mol. The van der Waals surface area contributed by atoms with E-state index in [9.17, 15) is 0 Å². The van der Waals surface area contributed by atoms with Gasteiger partial charge in [0.1, 0.15) is 5.82 Å². The van der Waals surface area contributed by atoms with Crippen molar-refractivity contribution in [2.75, 3.05) is 27.2 Å². The molecule has 2 aliphatic rings. The molecule has 0 aliphatic carbocycles. The molecule has 4 heteroatoms. The van der Waals surface area contributed by atoms with Crippen LogP contribution in [0.2, 0.25) is 0 Å². The molecule has 0 saturated carbocycles. The summed E-state index contributed by atoms with van der Waals surface area (Å²) in [7, 11) is 4.47. The van der Waals surface area contributed by atoms with E-state index in [4.69, 9.17) is 4.98 Å². The second kappa shape index (κ2) is 14.5. The van der Waals surface area contributed by atoms with Crippen molar-refractivity contribution in [3.8, 4) is 11.1 Å². The van der Waals surface area contributed by atoms with E-state index < -0.39 is 0 Å². The summed E-state index contributed by atoms with van der Waals surface area (Å²) in [6.07, 6.45) is 6.20. The van der Waals surface area contributed by atoms with E-state index in [2.05, 4.69) is 83.5 Å².